The van der Waals surface area contributed by atoms with Crippen LogP contribution in [0.2, 0.25) is 0 Å². The molecular formula is C16H24N2O2S. The highest BCUT2D eigenvalue weighted by Crippen LogP contribution is 2.41. The summed E-state index contributed by atoms with van der Waals surface area (Å²) in [7, 11) is 0. The third kappa shape index (κ3) is 2.93. The summed E-state index contributed by atoms with van der Waals surface area (Å²) in [6.07, 6.45) is 4.32. The van der Waals surface area contributed by atoms with E-state index in [1.165, 1.54) is 17.7 Å². The number of hydrogen-bond acceptors (Lipinski definition) is 5. The maximum Gasteiger partial charge on any atom is 0.315 e. The number of piperidine rings is 1. The third-order valence-electron chi connectivity index (χ3n) is 4.45. The Morgan fingerprint density at radius 3 is 3.05 bits per heavy atom. The minimum atomic E-state index is -0.136. The zero-order valence-corrected chi connectivity index (χ0v) is 14.0. The number of thiazole rings is 1. The number of hydrogen-bond donors (Lipinski definition) is 0. The molecule has 0 bridgehead atoms. The summed E-state index contributed by atoms with van der Waals surface area (Å²) in [5, 5.41) is 1.10. The van der Waals surface area contributed by atoms with Gasteiger partial charge in [0.05, 0.1) is 12.3 Å². The Bertz CT molecular complexity index is 538. The fourth-order valence-corrected chi connectivity index (χ4v) is 4.57. The van der Waals surface area contributed by atoms with Crippen LogP contribution < -0.4 is 4.90 Å². The Labute approximate surface area is 130 Å². The Morgan fingerprint density at radius 2 is 2.33 bits per heavy atom. The third-order valence-corrected chi connectivity index (χ3v) is 5.64. The van der Waals surface area contributed by atoms with E-state index < -0.39 is 0 Å². The van der Waals surface area contributed by atoms with Gasteiger partial charge in [0, 0.05) is 18.0 Å². The molecule has 4 nitrogen and oxygen atoms in total. The molecule has 0 radical (unpaired) electrons. The molecule has 1 saturated heterocycles. The molecule has 116 valence electrons. The minimum Gasteiger partial charge on any atom is -0.465 e. The van der Waals surface area contributed by atoms with E-state index in [0.717, 1.165) is 36.8 Å². The first-order chi connectivity index (χ1) is 10.00. The Balaban J connectivity index is 1.79. The standard InChI is InChI=1S/C16H24N2O2S/c1-4-20-14(19)11-6-7-12-13(11)17-15(21-12)18-9-5-8-16(2,3)10-18/h11H,4-10H2,1-3H3. The average Bonchev–Trinajstić information content (AvgIpc) is 2.97. The monoisotopic (exact) mass is 308 g/mol. The molecule has 2 heterocycles. The number of fused-ring (bicyclic) bond motifs is 1. The van der Waals surface area contributed by atoms with Crippen molar-refractivity contribution in [2.45, 2.75) is 52.4 Å². The second-order valence-corrected chi connectivity index (χ2v) is 7.90. The average molecular weight is 308 g/mol. The summed E-state index contributed by atoms with van der Waals surface area (Å²) < 4.78 is 5.18. The van der Waals surface area contributed by atoms with Gasteiger partial charge >= 0.3 is 5.97 Å². The van der Waals surface area contributed by atoms with Crippen molar-refractivity contribution in [2.24, 2.45) is 5.41 Å². The molecule has 21 heavy (non-hydrogen) atoms. The lowest BCUT2D eigenvalue weighted by Crippen LogP contribution is -2.40. The molecule has 3 rings (SSSR count). The van der Waals surface area contributed by atoms with Crippen molar-refractivity contribution in [3.05, 3.63) is 10.6 Å². The first kappa shape index (κ1) is 14.8. The van der Waals surface area contributed by atoms with Crippen LogP contribution in [0.3, 0.4) is 0 Å². The van der Waals surface area contributed by atoms with Crippen LogP contribution in [0.15, 0.2) is 0 Å². The second kappa shape index (κ2) is 5.59. The normalized spacial score (nSPS) is 24.0. The van der Waals surface area contributed by atoms with Crippen LogP contribution in [0, 0.1) is 5.41 Å². The largest absolute Gasteiger partial charge is 0.465 e. The number of nitrogens with zero attached hydrogens (tertiary/aromatic N) is 2. The maximum atomic E-state index is 12.0. The molecule has 0 aromatic carbocycles. The van der Waals surface area contributed by atoms with E-state index in [2.05, 4.69) is 18.7 Å². The quantitative estimate of drug-likeness (QED) is 0.803. The second-order valence-electron chi connectivity index (χ2n) is 6.84. The Kier molecular flexibility index (Phi) is 3.95. The van der Waals surface area contributed by atoms with Gasteiger partial charge in [-0.05, 0) is 38.0 Å². The topological polar surface area (TPSA) is 42.4 Å². The van der Waals surface area contributed by atoms with Gasteiger partial charge in [-0.2, -0.15) is 0 Å². The summed E-state index contributed by atoms with van der Waals surface area (Å²) in [6.45, 7) is 9.09. The predicted octanol–water partition coefficient (Wildman–Crippen LogP) is 3.36. The molecule has 0 amide bonds. The van der Waals surface area contributed by atoms with Crippen molar-refractivity contribution >= 4 is 22.4 Å². The summed E-state index contributed by atoms with van der Waals surface area (Å²) in [6, 6.07) is 0. The number of carbonyl (C=O) groups is 1. The van der Waals surface area contributed by atoms with E-state index in [0.29, 0.717) is 12.0 Å². The van der Waals surface area contributed by atoms with Gasteiger partial charge in [-0.3, -0.25) is 4.79 Å². The lowest BCUT2D eigenvalue weighted by atomic mass is 9.84. The van der Waals surface area contributed by atoms with Gasteiger partial charge in [0.25, 0.3) is 0 Å². The van der Waals surface area contributed by atoms with E-state index in [-0.39, 0.29) is 11.9 Å². The summed E-state index contributed by atoms with van der Waals surface area (Å²) in [5.41, 5.74) is 1.34. The zero-order chi connectivity index (χ0) is 15.0. The number of carbonyl (C=O) groups excluding carboxylic acids is 1. The minimum absolute atomic E-state index is 0.105. The van der Waals surface area contributed by atoms with Gasteiger partial charge < -0.3 is 9.64 Å². The van der Waals surface area contributed by atoms with E-state index in [1.807, 2.05) is 6.92 Å². The number of ether oxygens (including phenoxy) is 1. The highest BCUT2D eigenvalue weighted by molar-refractivity contribution is 7.15. The molecule has 1 aromatic heterocycles. The van der Waals surface area contributed by atoms with Gasteiger partial charge in [-0.15, -0.1) is 11.3 Å². The zero-order valence-electron chi connectivity index (χ0n) is 13.1. The number of rotatable bonds is 3. The van der Waals surface area contributed by atoms with Gasteiger partial charge in [0.2, 0.25) is 0 Å². The highest BCUT2D eigenvalue weighted by atomic mass is 32.1. The molecule has 0 saturated carbocycles. The number of aromatic nitrogens is 1. The lowest BCUT2D eigenvalue weighted by molar-refractivity contribution is -0.145. The summed E-state index contributed by atoms with van der Waals surface area (Å²) in [4.78, 5) is 20.5. The smallest absolute Gasteiger partial charge is 0.315 e. The molecule has 5 heteroatoms. The molecule has 1 aromatic rings. The SMILES string of the molecule is CCOC(=O)C1CCc2sc(N3CCCC(C)(C)C3)nc21. The van der Waals surface area contributed by atoms with E-state index in [9.17, 15) is 4.79 Å². The van der Waals surface area contributed by atoms with Crippen LogP contribution >= 0.6 is 11.3 Å². The van der Waals surface area contributed by atoms with Crippen molar-refractivity contribution in [3.63, 3.8) is 0 Å². The first-order valence-electron chi connectivity index (χ1n) is 7.91. The van der Waals surface area contributed by atoms with Gasteiger partial charge in [-0.25, -0.2) is 4.98 Å². The van der Waals surface area contributed by atoms with Gasteiger partial charge in [0.15, 0.2) is 5.13 Å². The lowest BCUT2D eigenvalue weighted by Gasteiger charge is -2.37. The highest BCUT2D eigenvalue weighted by Gasteiger charge is 2.35. The molecule has 1 unspecified atom stereocenters. The predicted molar refractivity (Wildman–Crippen MR) is 85.0 cm³/mol. The Hall–Kier alpha value is -1.10. The van der Waals surface area contributed by atoms with Crippen LogP contribution in [0.25, 0.3) is 0 Å². The van der Waals surface area contributed by atoms with Crippen LogP contribution in [0.1, 0.15) is 56.5 Å². The Morgan fingerprint density at radius 1 is 1.52 bits per heavy atom. The van der Waals surface area contributed by atoms with E-state index >= 15 is 0 Å². The molecule has 0 spiro atoms. The fourth-order valence-electron chi connectivity index (χ4n) is 3.41. The molecular weight excluding hydrogens is 284 g/mol. The molecule has 1 atom stereocenters. The van der Waals surface area contributed by atoms with E-state index in [4.69, 9.17) is 9.72 Å². The maximum absolute atomic E-state index is 12.0. The van der Waals surface area contributed by atoms with Gasteiger partial charge in [-0.1, -0.05) is 13.8 Å². The number of anilines is 1. The molecule has 2 aliphatic rings. The number of esters is 1. The first-order valence-corrected chi connectivity index (χ1v) is 8.73. The molecule has 0 N–H and O–H groups in total. The van der Waals surface area contributed by atoms with Crippen molar-refractivity contribution in [1.29, 1.82) is 0 Å². The van der Waals surface area contributed by atoms with Crippen LogP contribution in [0.5, 0.6) is 0 Å². The van der Waals surface area contributed by atoms with Crippen molar-refractivity contribution in [1.82, 2.24) is 4.98 Å². The van der Waals surface area contributed by atoms with Crippen LogP contribution in [0.4, 0.5) is 5.13 Å². The van der Waals surface area contributed by atoms with E-state index in [1.54, 1.807) is 11.3 Å². The summed E-state index contributed by atoms with van der Waals surface area (Å²) >= 11 is 1.78. The molecule has 1 aliphatic heterocycles. The summed E-state index contributed by atoms with van der Waals surface area (Å²) in [5.74, 6) is -0.241. The molecule has 1 fully saturated rings. The van der Waals surface area contributed by atoms with Crippen LogP contribution in [-0.2, 0) is 16.0 Å². The van der Waals surface area contributed by atoms with Gasteiger partial charge in [0.1, 0.15) is 5.92 Å². The van der Waals surface area contributed by atoms with Crippen molar-refractivity contribution < 1.29 is 9.53 Å². The number of aryl methyl sites for hydroxylation is 1. The fraction of sp³-hybridized carbons (Fsp3) is 0.750. The van der Waals surface area contributed by atoms with Crippen molar-refractivity contribution in [2.75, 3.05) is 24.6 Å². The van der Waals surface area contributed by atoms with Crippen molar-refractivity contribution in [3.8, 4) is 0 Å². The molecule has 1 aliphatic carbocycles. The van der Waals surface area contributed by atoms with Crippen LogP contribution in [-0.4, -0.2) is 30.6 Å².